The van der Waals surface area contributed by atoms with Crippen LogP contribution < -0.4 is 0 Å². The van der Waals surface area contributed by atoms with Crippen molar-refractivity contribution < 1.29 is 24.2 Å². The summed E-state index contributed by atoms with van der Waals surface area (Å²) in [5.74, 6) is -2.00. The van der Waals surface area contributed by atoms with Crippen molar-refractivity contribution in [1.82, 2.24) is 9.80 Å². The summed E-state index contributed by atoms with van der Waals surface area (Å²) in [4.78, 5) is 46.0. The molecule has 1 N–H and O–H groups in total. The highest BCUT2D eigenvalue weighted by molar-refractivity contribution is 8.02. The third-order valence-electron chi connectivity index (χ3n) is 8.86. The van der Waals surface area contributed by atoms with E-state index in [1.54, 1.807) is 33.7 Å². The molecule has 1 aromatic carbocycles. The number of aliphatic hydroxyl groups excluding tert-OH is 1. The highest BCUT2D eigenvalue weighted by Crippen LogP contribution is 2.71. The molecule has 0 aliphatic carbocycles. The maximum absolute atomic E-state index is 14.5. The standard InChI is InChI=1S/C32H44N2O5S/c1-5-8-13-20-39-30(38)26-25-28(36)34(24(22-35)21-23-14-11-10-12-15-23)27(32(25)17-16-31(26,4)40-32)29(37)33(18-7-3)19-9-6-2/h5,7,10-12,14-15,24-27,35H,1,3,6,8-9,13,16-22H2,2,4H3/t24-,25+,26-,27?,31+,32?/m1/s1. The quantitative estimate of drug-likeness (QED) is 0.192. The summed E-state index contributed by atoms with van der Waals surface area (Å²) in [6.45, 7) is 12.7. The molecule has 2 amide bonds. The Morgan fingerprint density at radius 2 is 1.98 bits per heavy atom. The van der Waals surface area contributed by atoms with Crippen LogP contribution in [-0.2, 0) is 25.5 Å². The predicted octanol–water partition coefficient (Wildman–Crippen LogP) is 4.40. The number of carbonyl (C=O) groups excluding carboxylic acids is 3. The van der Waals surface area contributed by atoms with Gasteiger partial charge < -0.3 is 19.6 Å². The Kier molecular flexibility index (Phi) is 9.83. The average Bonchev–Trinajstić information content (AvgIpc) is 3.52. The van der Waals surface area contributed by atoms with Crippen molar-refractivity contribution in [2.24, 2.45) is 11.8 Å². The number of benzene rings is 1. The van der Waals surface area contributed by atoms with Gasteiger partial charge in [-0.25, -0.2) is 0 Å². The van der Waals surface area contributed by atoms with Crippen LogP contribution in [0.15, 0.2) is 55.6 Å². The Labute approximate surface area is 243 Å². The lowest BCUT2D eigenvalue weighted by atomic mass is 9.66. The number of allylic oxidation sites excluding steroid dienone is 1. The molecule has 8 heteroatoms. The number of thioether (sulfide) groups is 1. The fourth-order valence-corrected chi connectivity index (χ4v) is 9.32. The van der Waals surface area contributed by atoms with E-state index in [4.69, 9.17) is 4.74 Å². The van der Waals surface area contributed by atoms with Crippen LogP contribution in [0.5, 0.6) is 0 Å². The van der Waals surface area contributed by atoms with Gasteiger partial charge in [0, 0.05) is 17.8 Å². The van der Waals surface area contributed by atoms with E-state index in [0.717, 1.165) is 31.2 Å². The molecule has 0 radical (unpaired) electrons. The lowest BCUT2D eigenvalue weighted by Crippen LogP contribution is -2.58. The van der Waals surface area contributed by atoms with Gasteiger partial charge in [0.2, 0.25) is 11.8 Å². The lowest BCUT2D eigenvalue weighted by molar-refractivity contribution is -0.156. The topological polar surface area (TPSA) is 87.1 Å². The van der Waals surface area contributed by atoms with Crippen LogP contribution >= 0.6 is 11.8 Å². The highest BCUT2D eigenvalue weighted by atomic mass is 32.2. The minimum atomic E-state index is -0.770. The summed E-state index contributed by atoms with van der Waals surface area (Å²) >= 11 is 1.64. The van der Waals surface area contributed by atoms with E-state index in [0.29, 0.717) is 32.4 Å². The van der Waals surface area contributed by atoms with Crippen molar-refractivity contribution >= 4 is 29.5 Å². The molecule has 3 aliphatic rings. The Morgan fingerprint density at radius 1 is 1.23 bits per heavy atom. The van der Waals surface area contributed by atoms with Gasteiger partial charge >= 0.3 is 5.97 Å². The number of carbonyl (C=O) groups is 3. The largest absolute Gasteiger partial charge is 0.465 e. The summed E-state index contributed by atoms with van der Waals surface area (Å²) in [5.41, 5.74) is 0.978. The molecule has 3 saturated heterocycles. The third-order valence-corrected chi connectivity index (χ3v) is 10.8. The van der Waals surface area contributed by atoms with Crippen LogP contribution in [0.25, 0.3) is 0 Å². The minimum absolute atomic E-state index is 0.118. The molecule has 40 heavy (non-hydrogen) atoms. The Hall–Kier alpha value is -2.58. The van der Waals surface area contributed by atoms with Crippen molar-refractivity contribution in [3.05, 3.63) is 61.2 Å². The molecular weight excluding hydrogens is 524 g/mol. The second-order valence-corrected chi connectivity index (χ2v) is 13.4. The molecule has 3 heterocycles. The SMILES string of the molecule is C=CCCCOC(=O)[C@H]1[C@H]2C(=O)N([C@@H](CO)Cc3ccccc3)C(C(=O)N(CC=C)CCCC)C23CC[C@]1(C)S3. The van der Waals surface area contributed by atoms with Crippen molar-refractivity contribution in [1.29, 1.82) is 0 Å². The van der Waals surface area contributed by atoms with Crippen molar-refractivity contribution in [2.75, 3.05) is 26.3 Å². The van der Waals surface area contributed by atoms with Crippen LogP contribution in [0.1, 0.15) is 57.9 Å². The zero-order valence-corrected chi connectivity index (χ0v) is 24.7. The van der Waals surface area contributed by atoms with Crippen molar-refractivity contribution in [3.8, 4) is 0 Å². The number of amides is 2. The number of rotatable bonds is 15. The predicted molar refractivity (Wildman–Crippen MR) is 159 cm³/mol. The Balaban J connectivity index is 1.74. The third kappa shape index (κ3) is 5.49. The molecule has 0 saturated carbocycles. The second-order valence-electron chi connectivity index (χ2n) is 11.5. The first kappa shape index (κ1) is 30.4. The number of likely N-dealkylation sites (tertiary alicyclic amines) is 1. The molecule has 3 fully saturated rings. The van der Waals surface area contributed by atoms with Gasteiger partial charge in [0.25, 0.3) is 0 Å². The molecule has 1 spiro atoms. The van der Waals surface area contributed by atoms with Gasteiger partial charge in [-0.3, -0.25) is 14.4 Å². The molecule has 2 bridgehead atoms. The number of ether oxygens (including phenoxy) is 1. The molecule has 1 aromatic rings. The molecule has 6 atom stereocenters. The van der Waals surface area contributed by atoms with Crippen LogP contribution in [-0.4, -0.2) is 80.6 Å². The van der Waals surface area contributed by atoms with E-state index in [-0.39, 0.29) is 31.0 Å². The number of hydrogen-bond acceptors (Lipinski definition) is 6. The second kappa shape index (κ2) is 12.9. The number of fused-ring (bicyclic) bond motifs is 1. The summed E-state index contributed by atoms with van der Waals surface area (Å²) < 4.78 is 4.49. The molecular formula is C32H44N2O5S. The molecule has 218 valence electrons. The smallest absolute Gasteiger partial charge is 0.311 e. The van der Waals surface area contributed by atoms with Gasteiger partial charge in [-0.1, -0.05) is 55.8 Å². The van der Waals surface area contributed by atoms with E-state index in [2.05, 4.69) is 20.1 Å². The molecule has 4 rings (SSSR count). The van der Waals surface area contributed by atoms with E-state index < -0.39 is 33.4 Å². The fourth-order valence-electron chi connectivity index (χ4n) is 6.99. The number of nitrogens with zero attached hydrogens (tertiary/aromatic N) is 2. The van der Waals surface area contributed by atoms with E-state index >= 15 is 0 Å². The summed E-state index contributed by atoms with van der Waals surface area (Å²) in [6, 6.07) is 8.36. The fraction of sp³-hybridized carbons (Fsp3) is 0.594. The minimum Gasteiger partial charge on any atom is -0.465 e. The normalized spacial score (nSPS) is 29.2. The maximum Gasteiger partial charge on any atom is 0.311 e. The van der Waals surface area contributed by atoms with Gasteiger partial charge in [0.15, 0.2) is 0 Å². The Bertz CT molecular complexity index is 1100. The van der Waals surface area contributed by atoms with E-state index in [1.807, 2.05) is 37.3 Å². The summed E-state index contributed by atoms with van der Waals surface area (Å²) in [5, 5.41) is 10.6. The number of esters is 1. The van der Waals surface area contributed by atoms with Crippen LogP contribution in [0.4, 0.5) is 0 Å². The number of aliphatic hydroxyl groups is 1. The highest BCUT2D eigenvalue weighted by Gasteiger charge is 2.78. The molecule has 0 aromatic heterocycles. The van der Waals surface area contributed by atoms with E-state index in [1.165, 1.54) is 0 Å². The summed E-state index contributed by atoms with van der Waals surface area (Å²) in [6.07, 6.45) is 8.53. The van der Waals surface area contributed by atoms with Gasteiger partial charge in [-0.15, -0.1) is 24.9 Å². The molecule has 2 unspecified atom stereocenters. The van der Waals surface area contributed by atoms with Gasteiger partial charge in [0.05, 0.1) is 35.8 Å². The zero-order valence-electron chi connectivity index (χ0n) is 23.9. The van der Waals surface area contributed by atoms with Crippen LogP contribution in [0.3, 0.4) is 0 Å². The maximum atomic E-state index is 14.5. The van der Waals surface area contributed by atoms with Gasteiger partial charge in [-0.05, 0) is 51.0 Å². The average molecular weight is 569 g/mol. The van der Waals surface area contributed by atoms with Crippen molar-refractivity contribution in [3.63, 3.8) is 0 Å². The first-order chi connectivity index (χ1) is 19.3. The number of unbranched alkanes of at least 4 members (excludes halogenated alkanes) is 2. The zero-order chi connectivity index (χ0) is 28.9. The van der Waals surface area contributed by atoms with Gasteiger partial charge in [-0.2, -0.15) is 0 Å². The van der Waals surface area contributed by atoms with Gasteiger partial charge in [0.1, 0.15) is 6.04 Å². The lowest BCUT2D eigenvalue weighted by Gasteiger charge is -2.39. The molecule has 3 aliphatic heterocycles. The first-order valence-electron chi connectivity index (χ1n) is 14.6. The van der Waals surface area contributed by atoms with Crippen molar-refractivity contribution in [2.45, 2.75) is 80.4 Å². The number of hydrogen-bond donors (Lipinski definition) is 1. The monoisotopic (exact) mass is 568 g/mol. The first-order valence-corrected chi connectivity index (χ1v) is 15.4. The Morgan fingerprint density at radius 3 is 2.62 bits per heavy atom. The van der Waals surface area contributed by atoms with Crippen LogP contribution in [0.2, 0.25) is 0 Å². The summed E-state index contributed by atoms with van der Waals surface area (Å²) in [7, 11) is 0. The molecule has 7 nitrogen and oxygen atoms in total. The van der Waals surface area contributed by atoms with Crippen LogP contribution in [0, 0.1) is 11.8 Å². The van der Waals surface area contributed by atoms with E-state index in [9.17, 15) is 19.5 Å².